The van der Waals surface area contributed by atoms with Crippen LogP contribution < -0.4 is 10.6 Å². The highest BCUT2D eigenvalue weighted by Crippen LogP contribution is 1.96. The third-order valence-corrected chi connectivity index (χ3v) is 2.66. The first-order valence-corrected chi connectivity index (χ1v) is 6.49. The molecule has 2 N–H and O–H groups in total. The molecule has 0 aromatic carbocycles. The number of amides is 1. The minimum atomic E-state index is -0.152. The maximum Gasteiger partial charge on any atom is 0.236 e. The lowest BCUT2D eigenvalue weighted by atomic mass is 10.2. The van der Waals surface area contributed by atoms with Crippen molar-refractivity contribution in [1.82, 2.24) is 15.6 Å². The van der Waals surface area contributed by atoms with Crippen molar-refractivity contribution in [3.05, 3.63) is 30.1 Å². The Bertz CT molecular complexity index is 351. The smallest absolute Gasteiger partial charge is 0.236 e. The fraction of sp³-hybridized carbons (Fsp3) is 0.571. The largest absolute Gasteiger partial charge is 0.354 e. The lowest BCUT2D eigenvalue weighted by Gasteiger charge is -2.15. The van der Waals surface area contributed by atoms with Crippen LogP contribution in [-0.2, 0) is 11.2 Å². The van der Waals surface area contributed by atoms with Crippen LogP contribution in [0.2, 0.25) is 0 Å². The summed E-state index contributed by atoms with van der Waals surface area (Å²) in [5, 5.41) is 6.13. The van der Waals surface area contributed by atoms with Crippen molar-refractivity contribution in [2.24, 2.45) is 5.92 Å². The third-order valence-electron chi connectivity index (χ3n) is 2.66. The van der Waals surface area contributed by atoms with Gasteiger partial charge in [-0.1, -0.05) is 19.9 Å². The molecule has 1 aromatic heterocycles. The van der Waals surface area contributed by atoms with Crippen LogP contribution in [0.3, 0.4) is 0 Å². The molecule has 4 nitrogen and oxygen atoms in total. The van der Waals surface area contributed by atoms with Gasteiger partial charge in [0.05, 0.1) is 6.04 Å². The lowest BCUT2D eigenvalue weighted by molar-refractivity contribution is -0.122. The van der Waals surface area contributed by atoms with Crippen LogP contribution in [0.5, 0.6) is 0 Å². The van der Waals surface area contributed by atoms with Gasteiger partial charge in [-0.15, -0.1) is 0 Å². The van der Waals surface area contributed by atoms with Gasteiger partial charge in [-0.3, -0.25) is 9.78 Å². The van der Waals surface area contributed by atoms with Crippen molar-refractivity contribution < 1.29 is 4.79 Å². The molecule has 4 heteroatoms. The molecule has 0 saturated heterocycles. The van der Waals surface area contributed by atoms with Gasteiger partial charge in [0, 0.05) is 18.9 Å². The van der Waals surface area contributed by atoms with E-state index in [-0.39, 0.29) is 11.9 Å². The molecule has 100 valence electrons. The Kier molecular flexibility index (Phi) is 6.36. The number of nitrogens with zero attached hydrogens (tertiary/aromatic N) is 1. The minimum absolute atomic E-state index is 0.0647. The summed E-state index contributed by atoms with van der Waals surface area (Å²) in [6, 6.07) is 3.81. The molecule has 0 spiro atoms. The van der Waals surface area contributed by atoms with E-state index in [1.165, 1.54) is 5.56 Å². The molecule has 0 aliphatic heterocycles. The monoisotopic (exact) mass is 249 g/mol. The number of carbonyl (C=O) groups is 1. The predicted octanol–water partition coefficient (Wildman–Crippen LogP) is 1.37. The van der Waals surface area contributed by atoms with E-state index in [0.29, 0.717) is 5.92 Å². The summed E-state index contributed by atoms with van der Waals surface area (Å²) in [5.41, 5.74) is 1.18. The summed E-state index contributed by atoms with van der Waals surface area (Å²) in [6.45, 7) is 7.57. The fourth-order valence-electron chi connectivity index (χ4n) is 1.53. The second-order valence-electron chi connectivity index (χ2n) is 4.93. The SMILES string of the molecule is CC(C)CNC(=O)C(C)NCCc1cccnc1. The molecular formula is C14H23N3O. The van der Waals surface area contributed by atoms with E-state index in [1.807, 2.05) is 25.3 Å². The average molecular weight is 249 g/mol. The molecule has 0 radical (unpaired) electrons. The Hall–Kier alpha value is -1.42. The molecule has 0 saturated carbocycles. The van der Waals surface area contributed by atoms with Crippen LogP contribution in [-0.4, -0.2) is 30.0 Å². The summed E-state index contributed by atoms with van der Waals surface area (Å²) in [4.78, 5) is 15.8. The van der Waals surface area contributed by atoms with Crippen LogP contribution >= 0.6 is 0 Å². The molecule has 1 rings (SSSR count). The van der Waals surface area contributed by atoms with Gasteiger partial charge in [-0.2, -0.15) is 0 Å². The lowest BCUT2D eigenvalue weighted by Crippen LogP contribution is -2.43. The predicted molar refractivity (Wildman–Crippen MR) is 73.3 cm³/mol. The van der Waals surface area contributed by atoms with Gasteiger partial charge in [0.2, 0.25) is 5.91 Å². The van der Waals surface area contributed by atoms with E-state index in [2.05, 4.69) is 29.5 Å². The van der Waals surface area contributed by atoms with Crippen LogP contribution in [0.1, 0.15) is 26.3 Å². The fourth-order valence-corrected chi connectivity index (χ4v) is 1.53. The topological polar surface area (TPSA) is 54.0 Å². The van der Waals surface area contributed by atoms with Crippen LogP contribution in [0.15, 0.2) is 24.5 Å². The number of rotatable bonds is 7. The highest BCUT2D eigenvalue weighted by atomic mass is 16.2. The van der Waals surface area contributed by atoms with Crippen molar-refractivity contribution in [3.63, 3.8) is 0 Å². The summed E-state index contributed by atoms with van der Waals surface area (Å²) in [5.74, 6) is 0.548. The molecule has 1 aromatic rings. The van der Waals surface area contributed by atoms with E-state index < -0.39 is 0 Å². The Balaban J connectivity index is 2.20. The Morgan fingerprint density at radius 2 is 2.17 bits per heavy atom. The van der Waals surface area contributed by atoms with Crippen molar-refractivity contribution in [3.8, 4) is 0 Å². The van der Waals surface area contributed by atoms with Gasteiger partial charge >= 0.3 is 0 Å². The van der Waals surface area contributed by atoms with Crippen molar-refractivity contribution >= 4 is 5.91 Å². The van der Waals surface area contributed by atoms with E-state index in [0.717, 1.165) is 19.5 Å². The molecule has 1 unspecified atom stereocenters. The zero-order chi connectivity index (χ0) is 13.4. The summed E-state index contributed by atoms with van der Waals surface area (Å²) >= 11 is 0. The Morgan fingerprint density at radius 3 is 2.78 bits per heavy atom. The first kappa shape index (κ1) is 14.6. The van der Waals surface area contributed by atoms with Gasteiger partial charge in [0.25, 0.3) is 0 Å². The number of aromatic nitrogens is 1. The highest BCUT2D eigenvalue weighted by Gasteiger charge is 2.11. The number of carbonyl (C=O) groups excluding carboxylic acids is 1. The molecular weight excluding hydrogens is 226 g/mol. The maximum atomic E-state index is 11.7. The number of hydrogen-bond acceptors (Lipinski definition) is 3. The first-order chi connectivity index (χ1) is 8.59. The van der Waals surface area contributed by atoms with Gasteiger partial charge in [0.15, 0.2) is 0 Å². The van der Waals surface area contributed by atoms with Crippen LogP contribution in [0, 0.1) is 5.92 Å². The maximum absolute atomic E-state index is 11.7. The first-order valence-electron chi connectivity index (χ1n) is 6.49. The van der Waals surface area contributed by atoms with Crippen molar-refractivity contribution in [1.29, 1.82) is 0 Å². The quantitative estimate of drug-likeness (QED) is 0.767. The zero-order valence-electron chi connectivity index (χ0n) is 11.4. The zero-order valence-corrected chi connectivity index (χ0v) is 11.4. The van der Waals surface area contributed by atoms with E-state index in [4.69, 9.17) is 0 Å². The van der Waals surface area contributed by atoms with E-state index in [9.17, 15) is 4.79 Å². The van der Waals surface area contributed by atoms with Gasteiger partial charge in [-0.25, -0.2) is 0 Å². The van der Waals surface area contributed by atoms with Crippen LogP contribution in [0.4, 0.5) is 0 Å². The number of nitrogens with one attached hydrogen (secondary N) is 2. The molecule has 1 atom stereocenters. The second kappa shape index (κ2) is 7.82. The van der Waals surface area contributed by atoms with Gasteiger partial charge < -0.3 is 10.6 Å². The minimum Gasteiger partial charge on any atom is -0.354 e. The molecule has 18 heavy (non-hydrogen) atoms. The summed E-state index contributed by atoms with van der Waals surface area (Å²) < 4.78 is 0. The second-order valence-corrected chi connectivity index (χ2v) is 4.93. The van der Waals surface area contributed by atoms with Gasteiger partial charge in [0.1, 0.15) is 0 Å². The molecule has 1 heterocycles. The van der Waals surface area contributed by atoms with E-state index in [1.54, 1.807) is 6.20 Å². The normalized spacial score (nSPS) is 12.4. The standard InChI is InChI=1S/C14H23N3O/c1-11(2)9-17-14(18)12(3)16-8-6-13-5-4-7-15-10-13/h4-5,7,10-12,16H,6,8-9H2,1-3H3,(H,17,18). The van der Waals surface area contributed by atoms with Crippen molar-refractivity contribution in [2.75, 3.05) is 13.1 Å². The molecule has 0 aliphatic rings. The average Bonchev–Trinajstić information content (AvgIpc) is 2.37. The molecule has 1 amide bonds. The molecule has 0 fully saturated rings. The summed E-state index contributed by atoms with van der Waals surface area (Å²) in [6.07, 6.45) is 4.50. The summed E-state index contributed by atoms with van der Waals surface area (Å²) in [7, 11) is 0. The van der Waals surface area contributed by atoms with E-state index >= 15 is 0 Å². The molecule has 0 aliphatic carbocycles. The number of hydrogen-bond donors (Lipinski definition) is 2. The Morgan fingerprint density at radius 1 is 1.39 bits per heavy atom. The third kappa shape index (κ3) is 5.77. The van der Waals surface area contributed by atoms with Crippen LogP contribution in [0.25, 0.3) is 0 Å². The Labute approximate surface area is 109 Å². The number of pyridine rings is 1. The highest BCUT2D eigenvalue weighted by molar-refractivity contribution is 5.81. The van der Waals surface area contributed by atoms with Gasteiger partial charge in [-0.05, 0) is 37.4 Å². The van der Waals surface area contributed by atoms with Crippen molar-refractivity contribution in [2.45, 2.75) is 33.2 Å². The molecule has 0 bridgehead atoms.